The normalized spacial score (nSPS) is 18.5. The van der Waals surface area contributed by atoms with E-state index >= 15 is 0 Å². The molecule has 3 nitrogen and oxygen atoms in total. The van der Waals surface area contributed by atoms with E-state index in [-0.39, 0.29) is 0 Å². The van der Waals surface area contributed by atoms with Crippen molar-refractivity contribution < 1.29 is 18.0 Å². The summed E-state index contributed by atoms with van der Waals surface area (Å²) in [6, 6.07) is 6.36. The highest BCUT2D eigenvalue weighted by Gasteiger charge is 2.42. The molecule has 22 heavy (non-hydrogen) atoms. The van der Waals surface area contributed by atoms with Crippen molar-refractivity contribution in [2.24, 2.45) is 5.41 Å². The van der Waals surface area contributed by atoms with Gasteiger partial charge in [-0.25, -0.2) is 0 Å². The first kappa shape index (κ1) is 16.3. The molecule has 6 heteroatoms. The van der Waals surface area contributed by atoms with Crippen LogP contribution in [0, 0.1) is 16.7 Å². The molecule has 1 aromatic rings. The van der Waals surface area contributed by atoms with E-state index in [0.29, 0.717) is 18.4 Å². The van der Waals surface area contributed by atoms with Crippen LogP contribution in [0.4, 0.5) is 13.2 Å². The molecule has 0 aliphatic heterocycles. The van der Waals surface area contributed by atoms with Crippen molar-refractivity contribution in [2.75, 3.05) is 0 Å². The van der Waals surface area contributed by atoms with Crippen molar-refractivity contribution in [2.45, 2.75) is 44.8 Å². The van der Waals surface area contributed by atoms with Gasteiger partial charge in [0.05, 0.1) is 17.7 Å². The monoisotopic (exact) mass is 310 g/mol. The Kier molecular flexibility index (Phi) is 4.45. The number of nitrogens with one attached hydrogen (secondary N) is 1. The largest absolute Gasteiger partial charge is 0.416 e. The minimum absolute atomic E-state index is 0.370. The number of benzene rings is 1. The lowest BCUT2D eigenvalue weighted by molar-refractivity contribution is -0.137. The summed E-state index contributed by atoms with van der Waals surface area (Å²) in [5.41, 5.74) is -1.41. The van der Waals surface area contributed by atoms with Gasteiger partial charge in [0.25, 0.3) is 0 Å². The van der Waals surface area contributed by atoms with Gasteiger partial charge in [0.15, 0.2) is 0 Å². The molecule has 2 rings (SSSR count). The summed E-state index contributed by atoms with van der Waals surface area (Å²) in [6.45, 7) is 1.62. The SMILES string of the molecule is CC(NC(=O)C1(C#N)CCCC1)c1cccc(C(F)(F)F)c1. The molecule has 1 N–H and O–H groups in total. The number of carbonyl (C=O) groups excluding carboxylic acids is 1. The Morgan fingerprint density at radius 3 is 2.55 bits per heavy atom. The molecule has 0 bridgehead atoms. The van der Waals surface area contributed by atoms with E-state index in [1.807, 2.05) is 0 Å². The molecular formula is C16H17F3N2O. The summed E-state index contributed by atoms with van der Waals surface area (Å²) < 4.78 is 38.2. The van der Waals surface area contributed by atoms with Gasteiger partial charge in [-0.2, -0.15) is 18.4 Å². The van der Waals surface area contributed by atoms with Gasteiger partial charge in [-0.1, -0.05) is 25.0 Å². The van der Waals surface area contributed by atoms with Gasteiger partial charge < -0.3 is 5.32 Å². The van der Waals surface area contributed by atoms with E-state index in [2.05, 4.69) is 11.4 Å². The van der Waals surface area contributed by atoms with E-state index in [1.54, 1.807) is 6.92 Å². The fourth-order valence-corrected chi connectivity index (χ4v) is 2.77. The number of carbonyl (C=O) groups is 1. The third kappa shape index (κ3) is 3.24. The number of halogens is 3. The molecule has 1 amide bonds. The highest BCUT2D eigenvalue weighted by atomic mass is 19.4. The summed E-state index contributed by atoms with van der Waals surface area (Å²) >= 11 is 0. The second kappa shape index (κ2) is 5.99. The fraction of sp³-hybridized carbons (Fsp3) is 0.500. The summed E-state index contributed by atoms with van der Waals surface area (Å²) in [5, 5.41) is 11.9. The van der Waals surface area contributed by atoms with Crippen LogP contribution in [0.3, 0.4) is 0 Å². The van der Waals surface area contributed by atoms with Crippen LogP contribution in [0.1, 0.15) is 49.8 Å². The third-order valence-electron chi connectivity index (χ3n) is 4.17. The van der Waals surface area contributed by atoms with Crippen LogP contribution >= 0.6 is 0 Å². The molecule has 0 spiro atoms. The first-order valence-corrected chi connectivity index (χ1v) is 7.18. The van der Waals surface area contributed by atoms with Crippen LogP contribution in [0.5, 0.6) is 0 Å². The zero-order valence-electron chi connectivity index (χ0n) is 12.2. The van der Waals surface area contributed by atoms with Gasteiger partial charge >= 0.3 is 6.18 Å². The Hall–Kier alpha value is -2.03. The van der Waals surface area contributed by atoms with E-state index in [0.717, 1.165) is 25.0 Å². The number of hydrogen-bond acceptors (Lipinski definition) is 2. The van der Waals surface area contributed by atoms with Crippen LogP contribution < -0.4 is 5.32 Å². The van der Waals surface area contributed by atoms with E-state index < -0.39 is 29.1 Å². The number of amides is 1. The molecule has 1 fully saturated rings. The van der Waals surface area contributed by atoms with Gasteiger partial charge in [0, 0.05) is 0 Å². The zero-order chi connectivity index (χ0) is 16.4. The molecule has 1 aromatic carbocycles. The third-order valence-corrected chi connectivity index (χ3v) is 4.17. The van der Waals surface area contributed by atoms with Crippen LogP contribution in [0.25, 0.3) is 0 Å². The number of hydrogen-bond donors (Lipinski definition) is 1. The quantitative estimate of drug-likeness (QED) is 0.918. The summed E-state index contributed by atoms with van der Waals surface area (Å²) in [5.74, 6) is -0.391. The maximum Gasteiger partial charge on any atom is 0.416 e. The maximum absolute atomic E-state index is 12.7. The van der Waals surface area contributed by atoms with Gasteiger partial charge in [-0.05, 0) is 37.5 Å². The number of alkyl halides is 3. The fourth-order valence-electron chi connectivity index (χ4n) is 2.77. The Balaban J connectivity index is 2.14. The lowest BCUT2D eigenvalue weighted by Gasteiger charge is -2.23. The highest BCUT2D eigenvalue weighted by Crippen LogP contribution is 2.38. The maximum atomic E-state index is 12.7. The van der Waals surface area contributed by atoms with Crippen molar-refractivity contribution in [1.82, 2.24) is 5.32 Å². The van der Waals surface area contributed by atoms with Gasteiger partial charge in [0.2, 0.25) is 5.91 Å². The molecule has 0 radical (unpaired) electrons. The average Bonchev–Trinajstić information content (AvgIpc) is 2.96. The predicted octanol–water partition coefficient (Wildman–Crippen LogP) is 3.97. The minimum Gasteiger partial charge on any atom is -0.348 e. The topological polar surface area (TPSA) is 52.9 Å². The van der Waals surface area contributed by atoms with Gasteiger partial charge in [-0.15, -0.1) is 0 Å². The van der Waals surface area contributed by atoms with Crippen LogP contribution in [-0.4, -0.2) is 5.91 Å². The Bertz CT molecular complexity index is 598. The second-order valence-corrected chi connectivity index (χ2v) is 5.72. The summed E-state index contributed by atoms with van der Waals surface area (Å²) in [7, 11) is 0. The molecule has 118 valence electrons. The van der Waals surface area contributed by atoms with Crippen molar-refractivity contribution in [1.29, 1.82) is 5.26 Å². The molecule has 0 saturated heterocycles. The molecule has 1 aliphatic carbocycles. The number of nitrogens with zero attached hydrogens (tertiary/aromatic N) is 1. The van der Waals surface area contributed by atoms with E-state index in [9.17, 15) is 23.2 Å². The molecule has 0 aromatic heterocycles. The average molecular weight is 310 g/mol. The number of nitriles is 1. The van der Waals surface area contributed by atoms with Crippen molar-refractivity contribution in [3.05, 3.63) is 35.4 Å². The van der Waals surface area contributed by atoms with E-state index in [4.69, 9.17) is 0 Å². The molecule has 0 heterocycles. The van der Waals surface area contributed by atoms with Crippen molar-refractivity contribution >= 4 is 5.91 Å². The van der Waals surface area contributed by atoms with E-state index in [1.165, 1.54) is 12.1 Å². The second-order valence-electron chi connectivity index (χ2n) is 5.72. The smallest absolute Gasteiger partial charge is 0.348 e. The van der Waals surface area contributed by atoms with Crippen molar-refractivity contribution in [3.63, 3.8) is 0 Å². The lowest BCUT2D eigenvalue weighted by Crippen LogP contribution is -2.39. The van der Waals surface area contributed by atoms with Gasteiger partial charge in [-0.3, -0.25) is 4.79 Å². The molecule has 1 unspecified atom stereocenters. The summed E-state index contributed by atoms with van der Waals surface area (Å²) in [4.78, 5) is 12.3. The Morgan fingerprint density at radius 1 is 1.36 bits per heavy atom. The van der Waals surface area contributed by atoms with Gasteiger partial charge in [0.1, 0.15) is 5.41 Å². The molecular weight excluding hydrogens is 293 g/mol. The summed E-state index contributed by atoms with van der Waals surface area (Å²) in [6.07, 6.45) is -1.77. The molecule has 1 aliphatic rings. The first-order valence-electron chi connectivity index (χ1n) is 7.18. The van der Waals surface area contributed by atoms with Crippen molar-refractivity contribution in [3.8, 4) is 6.07 Å². The highest BCUT2D eigenvalue weighted by molar-refractivity contribution is 5.86. The van der Waals surface area contributed by atoms with Crippen LogP contribution in [0.2, 0.25) is 0 Å². The Labute approximate surface area is 127 Å². The zero-order valence-corrected chi connectivity index (χ0v) is 12.2. The number of rotatable bonds is 3. The lowest BCUT2D eigenvalue weighted by atomic mass is 9.86. The minimum atomic E-state index is -4.42. The standard InChI is InChI=1S/C16H17F3N2O/c1-11(12-5-4-6-13(9-12)16(17,18)19)21-14(22)15(10-20)7-2-3-8-15/h4-6,9,11H,2-3,7-8H2,1H3,(H,21,22). The Morgan fingerprint density at radius 2 is 2.00 bits per heavy atom. The van der Waals surface area contributed by atoms with Crippen LogP contribution in [0.15, 0.2) is 24.3 Å². The van der Waals surface area contributed by atoms with Crippen LogP contribution in [-0.2, 0) is 11.0 Å². The molecule has 1 saturated carbocycles. The predicted molar refractivity (Wildman–Crippen MR) is 74.5 cm³/mol. The first-order chi connectivity index (χ1) is 10.3. The molecule has 1 atom stereocenters.